The number of benzene rings is 1. The SMILES string of the molecule is COc1cc(OC)cc(C(=O)N2CCN(C(=O)c3coc(CN)c3)CC2)c1. The van der Waals surface area contributed by atoms with Gasteiger partial charge in [-0.2, -0.15) is 0 Å². The molecule has 2 heterocycles. The average Bonchev–Trinajstić information content (AvgIpc) is 3.21. The maximum absolute atomic E-state index is 12.8. The highest BCUT2D eigenvalue weighted by Gasteiger charge is 2.26. The highest BCUT2D eigenvalue weighted by molar-refractivity contribution is 5.96. The molecule has 1 saturated heterocycles. The number of carbonyl (C=O) groups is 2. The van der Waals surface area contributed by atoms with Gasteiger partial charge in [0.1, 0.15) is 23.5 Å². The molecule has 0 atom stereocenters. The van der Waals surface area contributed by atoms with Gasteiger partial charge in [-0.05, 0) is 18.2 Å². The number of carbonyl (C=O) groups excluding carboxylic acids is 2. The molecule has 2 amide bonds. The summed E-state index contributed by atoms with van der Waals surface area (Å²) in [7, 11) is 3.08. The number of amides is 2. The lowest BCUT2D eigenvalue weighted by Gasteiger charge is -2.34. The smallest absolute Gasteiger partial charge is 0.257 e. The van der Waals surface area contributed by atoms with E-state index < -0.39 is 0 Å². The van der Waals surface area contributed by atoms with Gasteiger partial charge in [0, 0.05) is 37.8 Å². The van der Waals surface area contributed by atoms with Crippen molar-refractivity contribution < 1.29 is 23.5 Å². The van der Waals surface area contributed by atoms with Gasteiger partial charge >= 0.3 is 0 Å². The second-order valence-electron chi connectivity index (χ2n) is 6.19. The molecule has 1 fully saturated rings. The van der Waals surface area contributed by atoms with Gasteiger partial charge in [0.05, 0.1) is 26.3 Å². The number of ether oxygens (including phenoxy) is 2. The Kier molecular flexibility index (Phi) is 5.66. The molecule has 1 aromatic carbocycles. The lowest BCUT2D eigenvalue weighted by atomic mass is 10.1. The van der Waals surface area contributed by atoms with Crippen molar-refractivity contribution in [2.75, 3.05) is 40.4 Å². The normalized spacial score (nSPS) is 14.2. The van der Waals surface area contributed by atoms with Crippen molar-refractivity contribution in [3.63, 3.8) is 0 Å². The van der Waals surface area contributed by atoms with Gasteiger partial charge in [0.2, 0.25) is 0 Å². The van der Waals surface area contributed by atoms with Crippen LogP contribution in [0, 0.1) is 0 Å². The summed E-state index contributed by atoms with van der Waals surface area (Å²) in [4.78, 5) is 28.8. The average molecular weight is 373 g/mol. The van der Waals surface area contributed by atoms with Crippen LogP contribution in [0.4, 0.5) is 0 Å². The molecule has 0 unspecified atom stereocenters. The predicted molar refractivity (Wildman–Crippen MR) is 98.0 cm³/mol. The molecule has 2 aromatic rings. The van der Waals surface area contributed by atoms with Crippen molar-refractivity contribution in [3.8, 4) is 11.5 Å². The van der Waals surface area contributed by atoms with Gasteiger partial charge in [-0.15, -0.1) is 0 Å². The molecular weight excluding hydrogens is 350 g/mol. The molecule has 0 radical (unpaired) electrons. The van der Waals surface area contributed by atoms with Crippen molar-refractivity contribution in [2.45, 2.75) is 6.54 Å². The fraction of sp³-hybridized carbons (Fsp3) is 0.368. The van der Waals surface area contributed by atoms with E-state index in [4.69, 9.17) is 19.6 Å². The van der Waals surface area contributed by atoms with Gasteiger partial charge in [-0.25, -0.2) is 0 Å². The van der Waals surface area contributed by atoms with Crippen LogP contribution in [-0.4, -0.2) is 62.0 Å². The number of methoxy groups -OCH3 is 2. The number of furan rings is 1. The van der Waals surface area contributed by atoms with Crippen molar-refractivity contribution >= 4 is 11.8 Å². The summed E-state index contributed by atoms with van der Waals surface area (Å²) in [5.74, 6) is 1.45. The van der Waals surface area contributed by atoms with Crippen molar-refractivity contribution in [1.29, 1.82) is 0 Å². The van der Waals surface area contributed by atoms with E-state index in [0.29, 0.717) is 54.6 Å². The molecule has 1 aliphatic heterocycles. The van der Waals surface area contributed by atoms with Crippen LogP contribution in [0.15, 0.2) is 34.9 Å². The number of nitrogens with two attached hydrogens (primary N) is 1. The second kappa shape index (κ2) is 8.13. The van der Waals surface area contributed by atoms with Crippen LogP contribution in [0.1, 0.15) is 26.5 Å². The lowest BCUT2D eigenvalue weighted by molar-refractivity contribution is 0.0534. The van der Waals surface area contributed by atoms with Gasteiger partial charge in [0.25, 0.3) is 11.8 Å². The second-order valence-corrected chi connectivity index (χ2v) is 6.19. The molecule has 8 heteroatoms. The van der Waals surface area contributed by atoms with Crippen molar-refractivity contribution in [2.24, 2.45) is 5.73 Å². The van der Waals surface area contributed by atoms with Crippen LogP contribution in [0.3, 0.4) is 0 Å². The predicted octanol–water partition coefficient (Wildman–Crippen LogP) is 1.35. The molecule has 0 aliphatic carbocycles. The minimum absolute atomic E-state index is 0.117. The molecule has 1 aliphatic rings. The van der Waals surface area contributed by atoms with Crippen LogP contribution < -0.4 is 15.2 Å². The van der Waals surface area contributed by atoms with Crippen LogP contribution in [0.25, 0.3) is 0 Å². The molecule has 8 nitrogen and oxygen atoms in total. The van der Waals surface area contributed by atoms with Gasteiger partial charge in [-0.1, -0.05) is 0 Å². The zero-order chi connectivity index (χ0) is 19.4. The minimum Gasteiger partial charge on any atom is -0.497 e. The van der Waals surface area contributed by atoms with E-state index >= 15 is 0 Å². The summed E-state index contributed by atoms with van der Waals surface area (Å²) in [6.07, 6.45) is 1.42. The Morgan fingerprint density at radius 1 is 0.926 bits per heavy atom. The Labute approximate surface area is 157 Å². The Balaban J connectivity index is 1.65. The maximum atomic E-state index is 12.8. The first-order valence-electron chi connectivity index (χ1n) is 8.64. The summed E-state index contributed by atoms with van der Waals surface area (Å²) in [6.45, 7) is 2.06. The number of nitrogens with zero attached hydrogens (tertiary/aromatic N) is 2. The Morgan fingerprint density at radius 3 is 1.89 bits per heavy atom. The molecule has 144 valence electrons. The fourth-order valence-corrected chi connectivity index (χ4v) is 3.01. The van der Waals surface area contributed by atoms with Crippen LogP contribution >= 0.6 is 0 Å². The quantitative estimate of drug-likeness (QED) is 0.850. The lowest BCUT2D eigenvalue weighted by Crippen LogP contribution is -2.50. The van der Waals surface area contributed by atoms with E-state index in [2.05, 4.69) is 0 Å². The summed E-state index contributed by atoms with van der Waals surface area (Å²) in [5, 5.41) is 0. The Morgan fingerprint density at radius 2 is 1.44 bits per heavy atom. The summed E-state index contributed by atoms with van der Waals surface area (Å²) in [6, 6.07) is 6.74. The fourth-order valence-electron chi connectivity index (χ4n) is 3.01. The third kappa shape index (κ3) is 4.06. The highest BCUT2D eigenvalue weighted by atomic mass is 16.5. The van der Waals surface area contributed by atoms with E-state index in [-0.39, 0.29) is 18.4 Å². The Bertz CT molecular complexity index is 802. The molecule has 0 saturated carbocycles. The first-order chi connectivity index (χ1) is 13.0. The van der Waals surface area contributed by atoms with Gasteiger partial charge in [-0.3, -0.25) is 9.59 Å². The summed E-state index contributed by atoms with van der Waals surface area (Å²) in [5.41, 5.74) is 6.48. The first kappa shape index (κ1) is 18.8. The van der Waals surface area contributed by atoms with Crippen molar-refractivity contribution in [1.82, 2.24) is 9.80 Å². The molecular formula is C19H23N3O5. The topological polar surface area (TPSA) is 98.2 Å². The van der Waals surface area contributed by atoms with Gasteiger partial charge < -0.3 is 29.4 Å². The molecule has 2 N–H and O–H groups in total. The number of piperazine rings is 1. The van der Waals surface area contributed by atoms with E-state index in [1.54, 1.807) is 48.3 Å². The largest absolute Gasteiger partial charge is 0.497 e. The highest BCUT2D eigenvalue weighted by Crippen LogP contribution is 2.24. The maximum Gasteiger partial charge on any atom is 0.257 e. The molecule has 1 aromatic heterocycles. The number of hydrogen-bond acceptors (Lipinski definition) is 6. The zero-order valence-electron chi connectivity index (χ0n) is 15.4. The number of rotatable bonds is 5. The van der Waals surface area contributed by atoms with E-state index in [0.717, 1.165) is 0 Å². The van der Waals surface area contributed by atoms with Crippen LogP contribution in [0.2, 0.25) is 0 Å². The van der Waals surface area contributed by atoms with E-state index in [9.17, 15) is 9.59 Å². The molecule has 3 rings (SSSR count). The van der Waals surface area contributed by atoms with Crippen LogP contribution in [0.5, 0.6) is 11.5 Å². The molecule has 0 bridgehead atoms. The summed E-state index contributed by atoms with van der Waals surface area (Å²) < 4.78 is 15.7. The summed E-state index contributed by atoms with van der Waals surface area (Å²) >= 11 is 0. The first-order valence-corrected chi connectivity index (χ1v) is 8.64. The molecule has 27 heavy (non-hydrogen) atoms. The van der Waals surface area contributed by atoms with Crippen LogP contribution in [-0.2, 0) is 6.54 Å². The van der Waals surface area contributed by atoms with Crippen molar-refractivity contribution in [3.05, 3.63) is 47.4 Å². The Hall–Kier alpha value is -3.00. The molecule has 0 spiro atoms. The standard InChI is InChI=1S/C19H23N3O5/c1-25-15-7-13(8-16(10-15)26-2)18(23)21-3-5-22(6-4-21)19(24)14-9-17(11-20)27-12-14/h7-10,12H,3-6,11,20H2,1-2H3. The third-order valence-corrected chi connectivity index (χ3v) is 4.55. The minimum atomic E-state index is -0.118. The van der Waals surface area contributed by atoms with E-state index in [1.165, 1.54) is 6.26 Å². The van der Waals surface area contributed by atoms with Gasteiger partial charge in [0.15, 0.2) is 0 Å². The zero-order valence-corrected chi connectivity index (χ0v) is 15.4. The monoisotopic (exact) mass is 373 g/mol. The van der Waals surface area contributed by atoms with E-state index in [1.807, 2.05) is 0 Å². The number of hydrogen-bond donors (Lipinski definition) is 1. The third-order valence-electron chi connectivity index (χ3n) is 4.55.